The first-order valence-corrected chi connectivity index (χ1v) is 3.66. The van der Waals surface area contributed by atoms with Crippen molar-refractivity contribution >= 4 is 17.7 Å². The van der Waals surface area contributed by atoms with Gasteiger partial charge in [-0.2, -0.15) is 5.26 Å². The zero-order valence-electron chi connectivity index (χ0n) is 5.28. The molecule has 0 spiro atoms. The van der Waals surface area contributed by atoms with Crippen molar-refractivity contribution in [1.82, 2.24) is 0 Å². The molecule has 3 N–H and O–H groups in total. The summed E-state index contributed by atoms with van der Waals surface area (Å²) in [6.45, 7) is 0. The molecule has 0 aliphatic carbocycles. The monoisotopic (exact) mass is 160 g/mol. The lowest BCUT2D eigenvalue weighted by atomic mass is 10.2. The lowest BCUT2D eigenvalue weighted by Crippen LogP contribution is -2.30. The number of hydrogen-bond acceptors (Lipinski definition) is 4. The zero-order chi connectivity index (χ0) is 7.98. The third-order valence-corrected chi connectivity index (χ3v) is 1.48. The van der Waals surface area contributed by atoms with E-state index in [0.717, 1.165) is 11.8 Å². The Hall–Kier alpha value is -0.730. The van der Waals surface area contributed by atoms with Crippen molar-refractivity contribution in [2.45, 2.75) is 12.5 Å². The Kier molecular flexibility index (Phi) is 4.72. The number of aliphatic carboxylic acids is 1. The van der Waals surface area contributed by atoms with Gasteiger partial charge < -0.3 is 10.8 Å². The summed E-state index contributed by atoms with van der Waals surface area (Å²) in [6, 6.07) is -0.833. The van der Waals surface area contributed by atoms with E-state index in [1.54, 1.807) is 0 Å². The van der Waals surface area contributed by atoms with Crippen LogP contribution < -0.4 is 5.73 Å². The first-order chi connectivity index (χ1) is 4.68. The van der Waals surface area contributed by atoms with E-state index in [4.69, 9.17) is 16.1 Å². The van der Waals surface area contributed by atoms with E-state index < -0.39 is 12.0 Å². The third-order valence-electron chi connectivity index (χ3n) is 0.913. The molecule has 1 unspecified atom stereocenters. The number of thioether (sulfide) groups is 1. The number of nitrogens with two attached hydrogens (primary N) is 1. The molecule has 0 aliphatic heterocycles. The summed E-state index contributed by atoms with van der Waals surface area (Å²) in [4.78, 5) is 10.1. The fraction of sp³-hybridized carbons (Fsp3) is 0.600. The van der Waals surface area contributed by atoms with Gasteiger partial charge in [0.05, 0.1) is 0 Å². The molecule has 0 rings (SSSR count). The van der Waals surface area contributed by atoms with Crippen LogP contribution >= 0.6 is 11.8 Å². The quantitative estimate of drug-likeness (QED) is 0.446. The molecule has 5 heteroatoms. The molecule has 0 radical (unpaired) electrons. The van der Waals surface area contributed by atoms with Crippen LogP contribution in [0.15, 0.2) is 0 Å². The summed E-state index contributed by atoms with van der Waals surface area (Å²) in [5, 5.41) is 18.1. The fourth-order valence-corrected chi connectivity index (χ4v) is 0.818. The first-order valence-electron chi connectivity index (χ1n) is 2.67. The van der Waals surface area contributed by atoms with Gasteiger partial charge in [-0.05, 0) is 18.2 Å². The van der Waals surface area contributed by atoms with Gasteiger partial charge in [-0.1, -0.05) is 0 Å². The van der Waals surface area contributed by atoms with E-state index in [1.165, 1.54) is 0 Å². The highest BCUT2D eigenvalue weighted by molar-refractivity contribution is 8.03. The molecule has 0 saturated carbocycles. The van der Waals surface area contributed by atoms with Crippen LogP contribution in [0, 0.1) is 10.7 Å². The zero-order valence-corrected chi connectivity index (χ0v) is 6.10. The van der Waals surface area contributed by atoms with Crippen LogP contribution in [0.25, 0.3) is 0 Å². The van der Waals surface area contributed by atoms with Crippen molar-refractivity contribution in [3.05, 3.63) is 0 Å². The molecule has 56 valence electrons. The number of rotatable bonds is 4. The highest BCUT2D eigenvalue weighted by Gasteiger charge is 2.09. The van der Waals surface area contributed by atoms with E-state index >= 15 is 0 Å². The summed E-state index contributed by atoms with van der Waals surface area (Å²) in [7, 11) is 0. The molecule has 0 saturated heterocycles. The Bertz CT molecular complexity index is 154. The number of carboxylic acid groups (broad SMARTS) is 1. The molecule has 10 heavy (non-hydrogen) atoms. The third kappa shape index (κ3) is 4.18. The molecule has 0 fully saturated rings. The van der Waals surface area contributed by atoms with Crippen LogP contribution in [0.2, 0.25) is 0 Å². The standard InChI is InChI=1S/C5H8N2O2S/c6-3-10-2-1-4(7)5(8)9/h4H,1-2,7H2,(H,8,9). The largest absolute Gasteiger partial charge is 0.480 e. The Morgan fingerprint density at radius 2 is 2.50 bits per heavy atom. The van der Waals surface area contributed by atoms with Crippen LogP contribution in [0.1, 0.15) is 6.42 Å². The maximum Gasteiger partial charge on any atom is 0.320 e. The smallest absolute Gasteiger partial charge is 0.320 e. The van der Waals surface area contributed by atoms with Gasteiger partial charge in [0.25, 0.3) is 0 Å². The first kappa shape index (κ1) is 9.27. The van der Waals surface area contributed by atoms with Crippen LogP contribution in [-0.2, 0) is 4.79 Å². The Morgan fingerprint density at radius 1 is 1.90 bits per heavy atom. The van der Waals surface area contributed by atoms with E-state index in [2.05, 4.69) is 0 Å². The molecule has 0 aromatic heterocycles. The highest BCUT2D eigenvalue weighted by Crippen LogP contribution is 2.00. The van der Waals surface area contributed by atoms with E-state index in [-0.39, 0.29) is 0 Å². The van der Waals surface area contributed by atoms with E-state index in [1.807, 2.05) is 5.40 Å². The molecular formula is C5H8N2O2S. The topological polar surface area (TPSA) is 87.1 Å². The molecule has 0 amide bonds. The van der Waals surface area contributed by atoms with Gasteiger partial charge in [-0.25, -0.2) is 0 Å². The second-order valence-corrected chi connectivity index (χ2v) is 2.55. The number of nitrogens with zero attached hydrogens (tertiary/aromatic N) is 1. The lowest BCUT2D eigenvalue weighted by Gasteiger charge is -2.01. The predicted octanol–water partition coefficient (Wildman–Crippen LogP) is 0.00268. The summed E-state index contributed by atoms with van der Waals surface area (Å²) in [5.41, 5.74) is 5.13. The Balaban J connectivity index is 3.32. The van der Waals surface area contributed by atoms with Crippen LogP contribution in [0.3, 0.4) is 0 Å². The average Bonchev–Trinajstić information content (AvgIpc) is 1.88. The predicted molar refractivity (Wildman–Crippen MR) is 38.3 cm³/mol. The van der Waals surface area contributed by atoms with Crippen molar-refractivity contribution in [2.24, 2.45) is 5.73 Å². The van der Waals surface area contributed by atoms with Gasteiger partial charge in [0.15, 0.2) is 0 Å². The van der Waals surface area contributed by atoms with Gasteiger partial charge in [-0.3, -0.25) is 4.79 Å². The van der Waals surface area contributed by atoms with Crippen LogP contribution in [0.5, 0.6) is 0 Å². The van der Waals surface area contributed by atoms with Crippen molar-refractivity contribution < 1.29 is 9.90 Å². The highest BCUT2D eigenvalue weighted by atomic mass is 32.2. The van der Waals surface area contributed by atoms with Gasteiger partial charge >= 0.3 is 5.97 Å². The molecule has 0 aromatic carbocycles. The second kappa shape index (κ2) is 5.09. The number of carboxylic acids is 1. The summed E-state index contributed by atoms with van der Waals surface area (Å²) in [5.74, 6) is -0.539. The lowest BCUT2D eigenvalue weighted by molar-refractivity contribution is -0.138. The SMILES string of the molecule is N#CSCCC(N)C(=O)O. The Labute approximate surface area is 63.0 Å². The molecular weight excluding hydrogens is 152 g/mol. The van der Waals surface area contributed by atoms with Gasteiger partial charge in [0.1, 0.15) is 11.4 Å². The van der Waals surface area contributed by atoms with Gasteiger partial charge in [-0.15, -0.1) is 0 Å². The average molecular weight is 160 g/mol. The van der Waals surface area contributed by atoms with Crippen LogP contribution in [-0.4, -0.2) is 22.9 Å². The van der Waals surface area contributed by atoms with Crippen molar-refractivity contribution in [3.8, 4) is 5.40 Å². The molecule has 0 bridgehead atoms. The molecule has 1 atom stereocenters. The van der Waals surface area contributed by atoms with E-state index in [0.29, 0.717) is 12.2 Å². The minimum atomic E-state index is -1.02. The van der Waals surface area contributed by atoms with Gasteiger partial charge in [0, 0.05) is 5.75 Å². The minimum absolute atomic E-state index is 0.341. The second-order valence-electron chi connectivity index (χ2n) is 1.67. The maximum absolute atomic E-state index is 10.1. The normalized spacial score (nSPS) is 12.0. The number of nitriles is 1. The van der Waals surface area contributed by atoms with Crippen molar-refractivity contribution in [1.29, 1.82) is 5.26 Å². The summed E-state index contributed by atoms with van der Waals surface area (Å²) < 4.78 is 0. The minimum Gasteiger partial charge on any atom is -0.480 e. The molecule has 0 heterocycles. The maximum atomic E-state index is 10.1. The van der Waals surface area contributed by atoms with Crippen LogP contribution in [0.4, 0.5) is 0 Å². The molecule has 0 aliphatic rings. The Morgan fingerprint density at radius 3 is 2.90 bits per heavy atom. The van der Waals surface area contributed by atoms with Crippen molar-refractivity contribution in [3.63, 3.8) is 0 Å². The molecule has 0 aromatic rings. The number of hydrogen-bond donors (Lipinski definition) is 2. The fourth-order valence-electron chi connectivity index (χ4n) is 0.355. The number of thiocyanates is 1. The number of carbonyl (C=O) groups is 1. The van der Waals surface area contributed by atoms with Gasteiger partial charge in [0.2, 0.25) is 0 Å². The molecule has 4 nitrogen and oxygen atoms in total. The summed E-state index contributed by atoms with van der Waals surface area (Å²) >= 11 is 1.02. The van der Waals surface area contributed by atoms with E-state index in [9.17, 15) is 4.79 Å². The van der Waals surface area contributed by atoms with Crippen molar-refractivity contribution in [2.75, 3.05) is 5.75 Å². The summed E-state index contributed by atoms with van der Waals surface area (Å²) in [6.07, 6.45) is 0.341.